The lowest BCUT2D eigenvalue weighted by Gasteiger charge is -2.39. The van der Waals surface area contributed by atoms with Gasteiger partial charge in [-0.05, 0) is 52.8 Å². The first-order chi connectivity index (χ1) is 12.9. The molecule has 4 heteroatoms. The van der Waals surface area contributed by atoms with Crippen molar-refractivity contribution in [2.75, 3.05) is 13.2 Å². The zero-order valence-corrected chi connectivity index (χ0v) is 18.1. The van der Waals surface area contributed by atoms with E-state index in [9.17, 15) is 0 Å². The Hall–Kier alpha value is -1.55. The molecule has 2 aliphatic rings. The second kappa shape index (κ2) is 8.44. The third kappa shape index (κ3) is 4.22. The Bertz CT molecular complexity index is 800. The Kier molecular flexibility index (Phi) is 6.38. The van der Waals surface area contributed by atoms with Gasteiger partial charge in [-0.2, -0.15) is 0 Å². The average Bonchev–Trinajstić information content (AvgIpc) is 3.11. The molecule has 3 nitrogen and oxygen atoms in total. The largest absolute Gasteiger partial charge is 0.493 e. The Morgan fingerprint density at radius 1 is 1.14 bits per heavy atom. The lowest BCUT2D eigenvalue weighted by molar-refractivity contribution is 0.0922. The van der Waals surface area contributed by atoms with Gasteiger partial charge < -0.3 is 4.74 Å². The van der Waals surface area contributed by atoms with E-state index in [4.69, 9.17) is 10.6 Å². The Balaban J connectivity index is 0.00000225. The highest BCUT2D eigenvalue weighted by atomic mass is 35.5. The van der Waals surface area contributed by atoms with E-state index in [1.165, 1.54) is 28.7 Å². The minimum atomic E-state index is 0. The molecule has 152 valence electrons. The zero-order chi connectivity index (χ0) is 19.0. The molecule has 0 aromatic heterocycles. The first-order valence-electron chi connectivity index (χ1n) is 10.3. The number of hydrogen-bond donors (Lipinski definition) is 1. The van der Waals surface area contributed by atoms with Crippen molar-refractivity contribution in [1.82, 2.24) is 5.01 Å². The molecule has 0 saturated carbocycles. The van der Waals surface area contributed by atoms with E-state index < -0.39 is 0 Å². The van der Waals surface area contributed by atoms with Crippen molar-refractivity contribution in [3.63, 3.8) is 0 Å². The molecule has 2 aromatic rings. The van der Waals surface area contributed by atoms with Crippen LogP contribution in [0.4, 0.5) is 0 Å². The molecule has 0 spiro atoms. The predicted octanol–water partition coefficient (Wildman–Crippen LogP) is 5.21. The quantitative estimate of drug-likeness (QED) is 0.718. The summed E-state index contributed by atoms with van der Waals surface area (Å²) in [5.74, 6) is 8.12. The van der Waals surface area contributed by atoms with Crippen LogP contribution in [0.5, 0.6) is 5.75 Å². The second-order valence-electron chi connectivity index (χ2n) is 9.17. The SMILES string of the molecule is CC(C)(C)c1cc2c(c(C[C@@H]3CCCN(N)[C@@H]3c3ccccc3)c1)OCC2.Cl. The normalized spacial score (nSPS) is 22.3. The van der Waals surface area contributed by atoms with Crippen LogP contribution in [0.15, 0.2) is 42.5 Å². The maximum absolute atomic E-state index is 6.47. The molecule has 2 aromatic carbocycles. The molecule has 2 N–H and O–H groups in total. The van der Waals surface area contributed by atoms with Gasteiger partial charge in [-0.15, -0.1) is 12.4 Å². The molecule has 0 radical (unpaired) electrons. The smallest absolute Gasteiger partial charge is 0.125 e. The minimum absolute atomic E-state index is 0. The summed E-state index contributed by atoms with van der Waals surface area (Å²) >= 11 is 0. The number of nitrogens with two attached hydrogens (primary N) is 1. The third-order valence-corrected chi connectivity index (χ3v) is 6.14. The van der Waals surface area contributed by atoms with E-state index in [0.29, 0.717) is 5.92 Å². The fraction of sp³-hybridized carbons (Fsp3) is 0.500. The molecule has 2 heterocycles. The highest BCUT2D eigenvalue weighted by Gasteiger charge is 2.33. The van der Waals surface area contributed by atoms with Crippen LogP contribution in [0.1, 0.15) is 61.9 Å². The first kappa shape index (κ1) is 21.2. The van der Waals surface area contributed by atoms with Crippen LogP contribution < -0.4 is 10.6 Å². The highest BCUT2D eigenvalue weighted by molar-refractivity contribution is 5.85. The predicted molar refractivity (Wildman–Crippen MR) is 118 cm³/mol. The highest BCUT2D eigenvalue weighted by Crippen LogP contribution is 2.41. The molecule has 2 aliphatic heterocycles. The number of ether oxygens (including phenoxy) is 1. The van der Waals surface area contributed by atoms with Crippen molar-refractivity contribution in [2.45, 2.75) is 57.9 Å². The molecule has 0 unspecified atom stereocenters. The van der Waals surface area contributed by atoms with E-state index in [1.807, 2.05) is 0 Å². The number of hydrazine groups is 1. The van der Waals surface area contributed by atoms with E-state index in [0.717, 1.165) is 38.2 Å². The standard InChI is InChI=1S/C24H32N2O.ClH/c1-24(2,3)21-15-19-11-13-27-23(19)20(16-21)14-18-10-7-12-26(25)22(18)17-8-5-4-6-9-17;/h4-6,8-9,15-16,18,22H,7,10-14,25H2,1-3H3;1H/t18-,22+;/m0./s1. The Labute approximate surface area is 175 Å². The number of benzene rings is 2. The molecule has 0 aliphatic carbocycles. The van der Waals surface area contributed by atoms with Gasteiger partial charge in [0.2, 0.25) is 0 Å². The number of piperidine rings is 1. The topological polar surface area (TPSA) is 38.5 Å². The van der Waals surface area contributed by atoms with E-state index >= 15 is 0 Å². The fourth-order valence-electron chi connectivity index (χ4n) is 4.69. The van der Waals surface area contributed by atoms with Crippen molar-refractivity contribution >= 4 is 12.4 Å². The molecule has 0 bridgehead atoms. The summed E-state index contributed by atoms with van der Waals surface area (Å²) in [5, 5.41) is 2.05. The lowest BCUT2D eigenvalue weighted by atomic mass is 9.79. The van der Waals surface area contributed by atoms with Gasteiger partial charge in [0.25, 0.3) is 0 Å². The summed E-state index contributed by atoms with van der Waals surface area (Å²) in [7, 11) is 0. The number of nitrogens with zero attached hydrogens (tertiary/aromatic N) is 1. The molecular weight excluding hydrogens is 368 g/mol. The summed E-state index contributed by atoms with van der Waals surface area (Å²) in [5.41, 5.74) is 5.65. The summed E-state index contributed by atoms with van der Waals surface area (Å²) in [6, 6.07) is 15.8. The van der Waals surface area contributed by atoms with Gasteiger partial charge >= 0.3 is 0 Å². The molecule has 1 saturated heterocycles. The number of hydrogen-bond acceptors (Lipinski definition) is 3. The van der Waals surface area contributed by atoms with Gasteiger partial charge in [-0.3, -0.25) is 5.84 Å². The van der Waals surface area contributed by atoms with Gasteiger partial charge in [-0.1, -0.05) is 63.2 Å². The molecule has 0 amide bonds. The van der Waals surface area contributed by atoms with Crippen LogP contribution in [0.3, 0.4) is 0 Å². The molecular formula is C24H33ClN2O. The monoisotopic (exact) mass is 400 g/mol. The summed E-state index contributed by atoms with van der Waals surface area (Å²) in [6.45, 7) is 8.66. The van der Waals surface area contributed by atoms with Crippen LogP contribution in [0.2, 0.25) is 0 Å². The van der Waals surface area contributed by atoms with Crippen LogP contribution in [-0.4, -0.2) is 18.2 Å². The number of halogens is 1. The van der Waals surface area contributed by atoms with Gasteiger partial charge in [-0.25, -0.2) is 5.01 Å². The second-order valence-corrected chi connectivity index (χ2v) is 9.17. The Morgan fingerprint density at radius 2 is 1.89 bits per heavy atom. The van der Waals surface area contributed by atoms with E-state index in [2.05, 4.69) is 68.2 Å². The van der Waals surface area contributed by atoms with Crippen molar-refractivity contribution < 1.29 is 4.74 Å². The number of rotatable bonds is 3. The maximum atomic E-state index is 6.47. The van der Waals surface area contributed by atoms with E-state index in [1.54, 1.807) is 0 Å². The Morgan fingerprint density at radius 3 is 2.61 bits per heavy atom. The van der Waals surface area contributed by atoms with Gasteiger partial charge in [0, 0.05) is 13.0 Å². The fourth-order valence-corrected chi connectivity index (χ4v) is 4.69. The summed E-state index contributed by atoms with van der Waals surface area (Å²) in [6.07, 6.45) is 4.43. The molecule has 2 atom stereocenters. The zero-order valence-electron chi connectivity index (χ0n) is 17.3. The lowest BCUT2D eigenvalue weighted by Crippen LogP contribution is -2.44. The number of fused-ring (bicyclic) bond motifs is 1. The van der Waals surface area contributed by atoms with Crippen molar-refractivity contribution in [1.29, 1.82) is 0 Å². The van der Waals surface area contributed by atoms with Crippen LogP contribution >= 0.6 is 12.4 Å². The molecule has 28 heavy (non-hydrogen) atoms. The van der Waals surface area contributed by atoms with E-state index in [-0.39, 0.29) is 23.9 Å². The van der Waals surface area contributed by atoms with Crippen molar-refractivity contribution in [3.05, 3.63) is 64.7 Å². The van der Waals surface area contributed by atoms with Gasteiger partial charge in [0.15, 0.2) is 0 Å². The summed E-state index contributed by atoms with van der Waals surface area (Å²) < 4.78 is 6.06. The minimum Gasteiger partial charge on any atom is -0.493 e. The molecule has 1 fully saturated rings. The van der Waals surface area contributed by atoms with Crippen LogP contribution in [0.25, 0.3) is 0 Å². The first-order valence-corrected chi connectivity index (χ1v) is 10.3. The average molecular weight is 401 g/mol. The van der Waals surface area contributed by atoms with Gasteiger partial charge in [0.05, 0.1) is 12.6 Å². The van der Waals surface area contributed by atoms with Crippen molar-refractivity contribution in [3.8, 4) is 5.75 Å². The maximum Gasteiger partial charge on any atom is 0.125 e. The van der Waals surface area contributed by atoms with Crippen LogP contribution in [-0.2, 0) is 18.3 Å². The summed E-state index contributed by atoms with van der Waals surface area (Å²) in [4.78, 5) is 0. The molecule has 4 rings (SSSR count). The van der Waals surface area contributed by atoms with Crippen molar-refractivity contribution in [2.24, 2.45) is 11.8 Å². The third-order valence-electron chi connectivity index (χ3n) is 6.14. The van der Waals surface area contributed by atoms with Gasteiger partial charge in [0.1, 0.15) is 5.75 Å². The van der Waals surface area contributed by atoms with Crippen LogP contribution in [0, 0.1) is 5.92 Å².